The van der Waals surface area contributed by atoms with Crippen LogP contribution < -0.4 is 0 Å². The van der Waals surface area contributed by atoms with Crippen LogP contribution in [0.1, 0.15) is 34.3 Å². The summed E-state index contributed by atoms with van der Waals surface area (Å²) in [7, 11) is -3.33. The maximum atomic E-state index is 12.7. The van der Waals surface area contributed by atoms with E-state index in [9.17, 15) is 13.2 Å². The third-order valence-electron chi connectivity index (χ3n) is 4.71. The maximum Gasteiger partial charge on any atom is 0.253 e. The molecule has 1 saturated heterocycles. The molecule has 1 fully saturated rings. The van der Waals surface area contributed by atoms with Gasteiger partial charge in [-0.2, -0.15) is 0 Å². The number of likely N-dealkylation sites (tertiary alicyclic amines) is 1. The van der Waals surface area contributed by atoms with Gasteiger partial charge in [0.15, 0.2) is 9.84 Å². The fourth-order valence-electron chi connectivity index (χ4n) is 3.45. The van der Waals surface area contributed by atoms with Gasteiger partial charge in [0.05, 0.1) is 10.1 Å². The van der Waals surface area contributed by atoms with Crippen LogP contribution in [0.25, 0.3) is 0 Å². The van der Waals surface area contributed by atoms with Crippen LogP contribution in [0.4, 0.5) is 0 Å². The van der Waals surface area contributed by atoms with E-state index in [1.807, 2.05) is 38.1 Å². The maximum absolute atomic E-state index is 12.7. The van der Waals surface area contributed by atoms with Crippen molar-refractivity contribution in [3.63, 3.8) is 0 Å². The zero-order valence-electron chi connectivity index (χ0n) is 14.6. The number of rotatable bonds is 3. The van der Waals surface area contributed by atoms with E-state index in [1.54, 1.807) is 29.2 Å². The fourth-order valence-corrected chi connectivity index (χ4v) is 5.21. The van der Waals surface area contributed by atoms with Crippen LogP contribution in [0.5, 0.6) is 0 Å². The highest BCUT2D eigenvalue weighted by atomic mass is 32.2. The number of benzene rings is 2. The Morgan fingerprint density at radius 3 is 2.08 bits per heavy atom. The molecule has 5 heteroatoms. The Morgan fingerprint density at radius 1 is 0.960 bits per heavy atom. The molecule has 0 aliphatic carbocycles. The molecule has 132 valence electrons. The summed E-state index contributed by atoms with van der Waals surface area (Å²) in [5.74, 6) is -0.0117. The lowest BCUT2D eigenvalue weighted by atomic mass is 10.0. The Morgan fingerprint density at radius 2 is 1.52 bits per heavy atom. The first-order chi connectivity index (χ1) is 11.9. The van der Waals surface area contributed by atoms with Crippen molar-refractivity contribution < 1.29 is 13.2 Å². The summed E-state index contributed by atoms with van der Waals surface area (Å²) in [6.07, 6.45) is 0.960. The Hall–Kier alpha value is -2.14. The number of hydrogen-bond donors (Lipinski definition) is 0. The van der Waals surface area contributed by atoms with Crippen molar-refractivity contribution in [3.05, 3.63) is 65.2 Å². The quantitative estimate of drug-likeness (QED) is 0.846. The van der Waals surface area contributed by atoms with Crippen molar-refractivity contribution in [2.45, 2.75) is 36.8 Å². The van der Waals surface area contributed by atoms with Crippen LogP contribution in [0.3, 0.4) is 0 Å². The lowest BCUT2D eigenvalue weighted by Crippen LogP contribution is -2.42. The van der Waals surface area contributed by atoms with Gasteiger partial charge in [-0.3, -0.25) is 4.79 Å². The van der Waals surface area contributed by atoms with Crippen molar-refractivity contribution in [3.8, 4) is 0 Å². The van der Waals surface area contributed by atoms with Gasteiger partial charge >= 0.3 is 0 Å². The highest BCUT2D eigenvalue weighted by molar-refractivity contribution is 7.92. The van der Waals surface area contributed by atoms with E-state index in [-0.39, 0.29) is 5.91 Å². The van der Waals surface area contributed by atoms with Gasteiger partial charge in [0.25, 0.3) is 5.91 Å². The lowest BCUT2D eigenvalue weighted by Gasteiger charge is -2.32. The molecule has 0 radical (unpaired) electrons. The minimum atomic E-state index is -3.33. The minimum absolute atomic E-state index is 0.0117. The second-order valence-electron chi connectivity index (χ2n) is 6.73. The van der Waals surface area contributed by atoms with Crippen LogP contribution in [0, 0.1) is 13.8 Å². The Kier molecular flexibility index (Phi) is 4.95. The third kappa shape index (κ3) is 3.76. The summed E-state index contributed by atoms with van der Waals surface area (Å²) in [6, 6.07) is 14.4. The van der Waals surface area contributed by atoms with Crippen molar-refractivity contribution in [1.82, 2.24) is 4.90 Å². The molecule has 0 atom stereocenters. The number of hydrogen-bond acceptors (Lipinski definition) is 3. The van der Waals surface area contributed by atoms with E-state index >= 15 is 0 Å². The molecule has 0 saturated carbocycles. The molecule has 0 spiro atoms. The standard InChI is InChI=1S/C20H23NO3S/c1-15-12-16(2)14-17(13-15)20(22)21-10-8-19(9-11-21)25(23,24)18-6-4-3-5-7-18/h3-7,12-14,19H,8-11H2,1-2H3. The van der Waals surface area contributed by atoms with Crippen molar-refractivity contribution in [2.75, 3.05) is 13.1 Å². The zero-order chi connectivity index (χ0) is 18.0. The van der Waals surface area contributed by atoms with Crippen molar-refractivity contribution in [2.24, 2.45) is 0 Å². The van der Waals surface area contributed by atoms with Gasteiger partial charge in [0.2, 0.25) is 0 Å². The number of sulfone groups is 1. The number of nitrogens with zero attached hydrogens (tertiary/aromatic N) is 1. The topological polar surface area (TPSA) is 54.5 Å². The largest absolute Gasteiger partial charge is 0.339 e. The first kappa shape index (κ1) is 17.7. The molecule has 0 aromatic heterocycles. The molecule has 0 unspecified atom stereocenters. The zero-order valence-corrected chi connectivity index (χ0v) is 15.4. The van der Waals surface area contributed by atoms with E-state index in [0.29, 0.717) is 36.4 Å². The van der Waals surface area contributed by atoms with Gasteiger partial charge in [-0.1, -0.05) is 35.4 Å². The monoisotopic (exact) mass is 357 g/mol. The molecule has 3 rings (SSSR count). The smallest absolute Gasteiger partial charge is 0.253 e. The first-order valence-electron chi connectivity index (χ1n) is 8.54. The summed E-state index contributed by atoms with van der Waals surface area (Å²) < 4.78 is 25.4. The molecule has 1 amide bonds. The SMILES string of the molecule is Cc1cc(C)cc(C(=O)N2CCC(S(=O)(=O)c3ccccc3)CC2)c1. The van der Waals surface area contributed by atoms with Crippen LogP contribution in [-0.2, 0) is 9.84 Å². The first-order valence-corrected chi connectivity index (χ1v) is 10.1. The van der Waals surface area contributed by atoms with Gasteiger partial charge in [-0.05, 0) is 51.0 Å². The molecule has 4 nitrogen and oxygen atoms in total. The van der Waals surface area contributed by atoms with Crippen LogP contribution in [0.15, 0.2) is 53.4 Å². The molecule has 1 aliphatic heterocycles. The third-order valence-corrected chi connectivity index (χ3v) is 6.99. The molecule has 2 aromatic carbocycles. The number of piperidine rings is 1. The fraction of sp³-hybridized carbons (Fsp3) is 0.350. The average Bonchev–Trinajstić information content (AvgIpc) is 2.61. The van der Waals surface area contributed by atoms with Gasteiger partial charge in [0, 0.05) is 18.7 Å². The van der Waals surface area contributed by atoms with Crippen molar-refractivity contribution >= 4 is 15.7 Å². The van der Waals surface area contributed by atoms with E-state index < -0.39 is 15.1 Å². The summed E-state index contributed by atoms with van der Waals surface area (Å²) >= 11 is 0. The number of carbonyl (C=O) groups is 1. The molecule has 2 aromatic rings. The average molecular weight is 357 g/mol. The molecular weight excluding hydrogens is 334 g/mol. The van der Waals surface area contributed by atoms with E-state index in [2.05, 4.69) is 0 Å². The minimum Gasteiger partial charge on any atom is -0.339 e. The van der Waals surface area contributed by atoms with E-state index in [4.69, 9.17) is 0 Å². The second-order valence-corrected chi connectivity index (χ2v) is 8.95. The van der Waals surface area contributed by atoms with Gasteiger partial charge in [-0.25, -0.2) is 8.42 Å². The predicted octanol–water partition coefficient (Wildman–Crippen LogP) is 3.38. The van der Waals surface area contributed by atoms with Crippen molar-refractivity contribution in [1.29, 1.82) is 0 Å². The van der Waals surface area contributed by atoms with Crippen LogP contribution >= 0.6 is 0 Å². The molecule has 0 bridgehead atoms. The normalized spacial score (nSPS) is 16.0. The van der Waals surface area contributed by atoms with Crippen LogP contribution in [0.2, 0.25) is 0 Å². The predicted molar refractivity (Wildman–Crippen MR) is 98.5 cm³/mol. The Balaban J connectivity index is 1.70. The molecule has 0 N–H and O–H groups in total. The molecule has 1 heterocycles. The summed E-state index contributed by atoms with van der Waals surface area (Å²) in [6.45, 7) is 4.90. The van der Waals surface area contributed by atoms with E-state index in [0.717, 1.165) is 11.1 Å². The Labute approximate surface area is 149 Å². The summed E-state index contributed by atoms with van der Waals surface area (Å²) in [5.41, 5.74) is 2.80. The summed E-state index contributed by atoms with van der Waals surface area (Å²) in [4.78, 5) is 14.8. The number of carbonyl (C=O) groups excluding carboxylic acids is 1. The number of amides is 1. The molecule has 1 aliphatic rings. The van der Waals surface area contributed by atoms with Gasteiger partial charge in [0.1, 0.15) is 0 Å². The lowest BCUT2D eigenvalue weighted by molar-refractivity contribution is 0.0725. The second kappa shape index (κ2) is 7.00. The Bertz CT molecular complexity index is 847. The van der Waals surface area contributed by atoms with Gasteiger partial charge in [-0.15, -0.1) is 0 Å². The van der Waals surface area contributed by atoms with Gasteiger partial charge < -0.3 is 4.90 Å². The molecular formula is C20H23NO3S. The van der Waals surface area contributed by atoms with E-state index in [1.165, 1.54) is 0 Å². The number of aryl methyl sites for hydroxylation is 2. The van der Waals surface area contributed by atoms with Crippen LogP contribution in [-0.4, -0.2) is 37.6 Å². The highest BCUT2D eigenvalue weighted by Crippen LogP contribution is 2.25. The molecule has 25 heavy (non-hydrogen) atoms. The summed E-state index contributed by atoms with van der Waals surface area (Å²) in [5, 5.41) is -0.418. The highest BCUT2D eigenvalue weighted by Gasteiger charge is 2.32.